The van der Waals surface area contributed by atoms with Crippen LogP contribution in [0, 0.1) is 0 Å². The van der Waals surface area contributed by atoms with Crippen molar-refractivity contribution < 1.29 is 0 Å². The summed E-state index contributed by atoms with van der Waals surface area (Å²) in [6, 6.07) is 55.1. The Morgan fingerprint density at radius 2 is 0.917 bits per heavy atom. The van der Waals surface area contributed by atoms with Crippen LogP contribution in [0.25, 0.3) is 49.0 Å². The molecular formula is C58H52N2. The van der Waals surface area contributed by atoms with Gasteiger partial charge in [-0.15, -0.1) is 0 Å². The first kappa shape index (κ1) is 37.6. The van der Waals surface area contributed by atoms with Crippen molar-refractivity contribution in [3.8, 4) is 11.1 Å². The van der Waals surface area contributed by atoms with Crippen molar-refractivity contribution >= 4 is 66.3 Å². The minimum atomic E-state index is 0.456. The van der Waals surface area contributed by atoms with Gasteiger partial charge in [0.2, 0.25) is 0 Å². The first-order valence-electron chi connectivity index (χ1n) is 21.9. The Morgan fingerprint density at radius 1 is 0.433 bits per heavy atom. The van der Waals surface area contributed by atoms with Gasteiger partial charge in [-0.05, 0) is 136 Å². The van der Waals surface area contributed by atoms with Gasteiger partial charge >= 0.3 is 0 Å². The summed E-state index contributed by atoms with van der Waals surface area (Å²) in [5, 5.41) is 7.73. The molecule has 294 valence electrons. The molecule has 0 bridgehead atoms. The summed E-state index contributed by atoms with van der Waals surface area (Å²) in [6.07, 6.45) is 17.8. The van der Waals surface area contributed by atoms with Crippen LogP contribution in [0.3, 0.4) is 0 Å². The largest absolute Gasteiger partial charge is 0.314 e. The van der Waals surface area contributed by atoms with Crippen LogP contribution < -0.4 is 9.80 Å². The maximum absolute atomic E-state index is 2.55. The van der Waals surface area contributed by atoms with Crippen LogP contribution in [0.2, 0.25) is 0 Å². The molecule has 0 N–H and O–H groups in total. The van der Waals surface area contributed by atoms with Gasteiger partial charge in [0.25, 0.3) is 0 Å². The summed E-state index contributed by atoms with van der Waals surface area (Å²) in [4.78, 5) is 5.04. The predicted octanol–water partition coefficient (Wildman–Crippen LogP) is 17.1. The molecule has 0 unspecified atom stereocenters. The fourth-order valence-electron chi connectivity index (χ4n) is 9.53. The van der Waals surface area contributed by atoms with Crippen LogP contribution in [-0.2, 0) is 0 Å². The molecule has 0 aliphatic heterocycles. The molecule has 0 atom stereocenters. The van der Waals surface area contributed by atoms with Crippen LogP contribution in [0.5, 0.6) is 0 Å². The number of allylic oxidation sites excluding steroid dienone is 8. The van der Waals surface area contributed by atoms with E-state index in [-0.39, 0.29) is 0 Å². The van der Waals surface area contributed by atoms with Crippen molar-refractivity contribution in [2.45, 2.75) is 65.2 Å². The number of anilines is 5. The summed E-state index contributed by atoms with van der Waals surface area (Å²) in [5.74, 6) is 0.920. The van der Waals surface area contributed by atoms with Gasteiger partial charge in [0, 0.05) is 44.3 Å². The number of hydrogen-bond acceptors (Lipinski definition) is 2. The van der Waals surface area contributed by atoms with Gasteiger partial charge in [0.15, 0.2) is 0 Å². The van der Waals surface area contributed by atoms with Crippen LogP contribution in [0.4, 0.5) is 28.4 Å². The van der Waals surface area contributed by atoms with Crippen LogP contribution in [-0.4, -0.2) is 0 Å². The normalized spacial score (nSPS) is 14.1. The third kappa shape index (κ3) is 6.71. The highest BCUT2D eigenvalue weighted by molar-refractivity contribution is 6.31. The maximum atomic E-state index is 2.55. The molecule has 60 heavy (non-hydrogen) atoms. The second-order valence-corrected chi connectivity index (χ2v) is 17.1. The lowest BCUT2D eigenvalue weighted by Gasteiger charge is -2.32. The molecule has 2 heteroatoms. The van der Waals surface area contributed by atoms with E-state index in [0.29, 0.717) is 11.8 Å². The fourth-order valence-corrected chi connectivity index (χ4v) is 9.53. The zero-order valence-electron chi connectivity index (χ0n) is 35.2. The molecule has 0 amide bonds. The minimum absolute atomic E-state index is 0.456. The van der Waals surface area contributed by atoms with Crippen LogP contribution >= 0.6 is 0 Å². The first-order valence-corrected chi connectivity index (χ1v) is 21.9. The highest BCUT2D eigenvalue weighted by atomic mass is 15.2. The molecule has 2 aliphatic rings. The number of rotatable bonds is 10. The highest BCUT2D eigenvalue weighted by Gasteiger charge is 2.27. The lowest BCUT2D eigenvalue weighted by Crippen LogP contribution is -2.18. The van der Waals surface area contributed by atoms with Gasteiger partial charge in [0.1, 0.15) is 0 Å². The molecule has 0 aromatic heterocycles. The van der Waals surface area contributed by atoms with Gasteiger partial charge in [-0.3, -0.25) is 0 Å². The van der Waals surface area contributed by atoms with E-state index in [0.717, 1.165) is 37.1 Å². The molecule has 8 aromatic carbocycles. The van der Waals surface area contributed by atoms with Crippen LogP contribution in [0.1, 0.15) is 81.9 Å². The second-order valence-electron chi connectivity index (χ2n) is 17.1. The molecule has 2 aliphatic carbocycles. The summed E-state index contributed by atoms with van der Waals surface area (Å²) in [7, 11) is 0. The number of benzene rings is 8. The van der Waals surface area contributed by atoms with Gasteiger partial charge in [0.05, 0.1) is 11.4 Å². The van der Waals surface area contributed by atoms with Gasteiger partial charge in [-0.2, -0.15) is 0 Å². The van der Waals surface area contributed by atoms with E-state index in [1.165, 1.54) is 88.5 Å². The Bertz CT molecular complexity index is 2940. The smallest absolute Gasteiger partial charge is 0.0546 e. The Labute approximate surface area is 355 Å². The zero-order valence-corrected chi connectivity index (χ0v) is 35.2. The molecule has 0 heterocycles. The molecular weight excluding hydrogens is 725 g/mol. The second kappa shape index (κ2) is 15.8. The number of para-hydroxylation sites is 1. The first-order chi connectivity index (χ1) is 29.4. The zero-order chi connectivity index (χ0) is 40.7. The lowest BCUT2D eigenvalue weighted by atomic mass is 9.84. The fraction of sp³-hybridized carbons (Fsp3) is 0.172. The molecule has 10 rings (SSSR count). The van der Waals surface area contributed by atoms with Crippen molar-refractivity contribution in [2.24, 2.45) is 0 Å². The van der Waals surface area contributed by atoms with E-state index in [4.69, 9.17) is 0 Å². The SMILES string of the molecule is CC(C)c1ccc(N(C2=CC=CCC2)c2cc(-c3ccccc3)c3ccc4c(N(c5ccccc5)c5ccc(C(C)C)cc5)cc(C5=CC=CCC5)c5ccc2c3c54)cc1. The quantitative estimate of drug-likeness (QED) is 0.128. The summed E-state index contributed by atoms with van der Waals surface area (Å²) < 4.78 is 0. The number of hydrogen-bond donors (Lipinski definition) is 0. The van der Waals surface area contributed by atoms with Crippen molar-refractivity contribution in [2.75, 3.05) is 9.80 Å². The molecule has 0 radical (unpaired) electrons. The molecule has 0 spiro atoms. The van der Waals surface area contributed by atoms with E-state index < -0.39 is 0 Å². The topological polar surface area (TPSA) is 6.48 Å². The maximum Gasteiger partial charge on any atom is 0.0546 e. The van der Waals surface area contributed by atoms with Gasteiger partial charge in [-0.1, -0.05) is 155 Å². The summed E-state index contributed by atoms with van der Waals surface area (Å²) in [6.45, 7) is 9.09. The van der Waals surface area contributed by atoms with Crippen LogP contribution in [0.15, 0.2) is 188 Å². The molecule has 0 saturated heterocycles. The van der Waals surface area contributed by atoms with Crippen molar-refractivity contribution in [3.63, 3.8) is 0 Å². The Hall–Kier alpha value is -6.64. The van der Waals surface area contributed by atoms with E-state index in [1.807, 2.05) is 0 Å². The average Bonchev–Trinajstić information content (AvgIpc) is 3.30. The third-order valence-corrected chi connectivity index (χ3v) is 12.7. The predicted molar refractivity (Wildman–Crippen MR) is 260 cm³/mol. The van der Waals surface area contributed by atoms with E-state index in [2.05, 4.69) is 220 Å². The highest BCUT2D eigenvalue weighted by Crippen LogP contribution is 2.51. The van der Waals surface area contributed by atoms with Gasteiger partial charge in [-0.25, -0.2) is 0 Å². The Morgan fingerprint density at radius 3 is 1.47 bits per heavy atom. The summed E-state index contributed by atoms with van der Waals surface area (Å²) in [5.41, 5.74) is 15.1. The minimum Gasteiger partial charge on any atom is -0.314 e. The van der Waals surface area contributed by atoms with Crippen molar-refractivity contribution in [1.29, 1.82) is 0 Å². The number of nitrogens with zero attached hydrogens (tertiary/aromatic N) is 2. The Kier molecular flexibility index (Phi) is 9.94. The summed E-state index contributed by atoms with van der Waals surface area (Å²) >= 11 is 0. The molecule has 2 nitrogen and oxygen atoms in total. The van der Waals surface area contributed by atoms with Crippen molar-refractivity contribution in [3.05, 3.63) is 204 Å². The average molecular weight is 777 g/mol. The molecule has 8 aromatic rings. The third-order valence-electron chi connectivity index (χ3n) is 12.7. The van der Waals surface area contributed by atoms with Crippen molar-refractivity contribution in [1.82, 2.24) is 0 Å². The van der Waals surface area contributed by atoms with E-state index in [9.17, 15) is 0 Å². The molecule has 0 fully saturated rings. The monoisotopic (exact) mass is 776 g/mol. The van der Waals surface area contributed by atoms with E-state index >= 15 is 0 Å². The van der Waals surface area contributed by atoms with E-state index in [1.54, 1.807) is 0 Å². The Balaban J connectivity index is 1.34. The molecule has 0 saturated carbocycles. The standard InChI is InChI=1S/C58H52N2/c1-39(2)41-25-29-47(30-26-41)59(45-21-13-7-14-22-45)55-37-53(43-17-9-5-10-18-43)49-34-36-52-56(60(46-23-15-8-16-24-46)48-31-27-42(28-32-48)40(3)4)38-54(44-19-11-6-12-20-44)50-33-35-51(55)57(49)58(50)52/h5-11,13,15-19,21,23-40H,12,14,20,22H2,1-4H3. The lowest BCUT2D eigenvalue weighted by molar-refractivity contribution is 0.865. The van der Waals surface area contributed by atoms with Gasteiger partial charge < -0.3 is 9.80 Å².